The molecular formula is C15H20N2O2. The van der Waals surface area contributed by atoms with Crippen molar-refractivity contribution < 1.29 is 9.84 Å². The van der Waals surface area contributed by atoms with Gasteiger partial charge in [-0.25, -0.2) is 0 Å². The Morgan fingerprint density at radius 3 is 3.11 bits per heavy atom. The molecule has 1 saturated heterocycles. The zero-order valence-electron chi connectivity index (χ0n) is 11.2. The van der Waals surface area contributed by atoms with Gasteiger partial charge in [0.05, 0.1) is 23.9 Å². The molecule has 0 saturated carbocycles. The Morgan fingerprint density at radius 1 is 1.47 bits per heavy atom. The van der Waals surface area contributed by atoms with E-state index in [2.05, 4.69) is 17.2 Å². The molecule has 3 rings (SSSR count). The maximum absolute atomic E-state index is 10.4. The minimum Gasteiger partial charge on any atom is -0.392 e. The predicted molar refractivity (Wildman–Crippen MR) is 74.0 cm³/mol. The number of hydrogen-bond acceptors (Lipinski definition) is 3. The van der Waals surface area contributed by atoms with Crippen molar-refractivity contribution in [1.29, 1.82) is 0 Å². The molecule has 1 aromatic carbocycles. The lowest BCUT2D eigenvalue weighted by Gasteiger charge is -2.26. The third-order valence-corrected chi connectivity index (χ3v) is 3.98. The normalized spacial score (nSPS) is 21.7. The highest BCUT2D eigenvalue weighted by atomic mass is 16.5. The van der Waals surface area contributed by atoms with Gasteiger partial charge in [0.15, 0.2) is 0 Å². The minimum atomic E-state index is -0.362. The smallest absolute Gasteiger partial charge is 0.0729 e. The Labute approximate surface area is 113 Å². The van der Waals surface area contributed by atoms with Crippen LogP contribution in [0.2, 0.25) is 0 Å². The number of fused-ring (bicyclic) bond motifs is 1. The second kappa shape index (κ2) is 5.31. The summed E-state index contributed by atoms with van der Waals surface area (Å²) in [5.41, 5.74) is 2.10. The molecule has 1 aliphatic rings. The molecule has 102 valence electrons. The summed E-state index contributed by atoms with van der Waals surface area (Å²) in [5.74, 6) is 0.245. The van der Waals surface area contributed by atoms with Crippen molar-refractivity contribution in [3.63, 3.8) is 0 Å². The number of aliphatic hydroxyl groups is 1. The number of rotatable bonds is 3. The van der Waals surface area contributed by atoms with Crippen molar-refractivity contribution in [1.82, 2.24) is 9.78 Å². The summed E-state index contributed by atoms with van der Waals surface area (Å²) < 4.78 is 7.33. The molecule has 2 unspecified atom stereocenters. The first-order valence-corrected chi connectivity index (χ1v) is 6.92. The summed E-state index contributed by atoms with van der Waals surface area (Å²) in [5, 5.41) is 16.0. The molecule has 2 aromatic rings. The number of para-hydroxylation sites is 1. The fourth-order valence-corrected chi connectivity index (χ4v) is 2.87. The molecule has 19 heavy (non-hydrogen) atoms. The molecule has 0 aliphatic carbocycles. The van der Waals surface area contributed by atoms with Crippen molar-refractivity contribution in [2.45, 2.75) is 25.4 Å². The molecule has 0 bridgehead atoms. The number of aliphatic hydroxyl groups excluding tert-OH is 1. The van der Waals surface area contributed by atoms with E-state index < -0.39 is 0 Å². The minimum absolute atomic E-state index is 0.245. The van der Waals surface area contributed by atoms with Gasteiger partial charge in [0.25, 0.3) is 0 Å². The molecule has 2 heterocycles. The summed E-state index contributed by atoms with van der Waals surface area (Å²) in [7, 11) is 1.95. The number of nitrogens with zero attached hydrogens (tertiary/aromatic N) is 2. The van der Waals surface area contributed by atoms with Gasteiger partial charge in [0.1, 0.15) is 0 Å². The van der Waals surface area contributed by atoms with Gasteiger partial charge in [-0.05, 0) is 18.9 Å². The van der Waals surface area contributed by atoms with Crippen LogP contribution in [0.4, 0.5) is 0 Å². The van der Waals surface area contributed by atoms with Crippen molar-refractivity contribution >= 4 is 10.9 Å². The summed E-state index contributed by atoms with van der Waals surface area (Å²) in [6.45, 7) is 1.50. The molecule has 2 atom stereocenters. The third kappa shape index (κ3) is 2.51. The fraction of sp³-hybridized carbons (Fsp3) is 0.533. The van der Waals surface area contributed by atoms with Crippen molar-refractivity contribution in [3.8, 4) is 0 Å². The van der Waals surface area contributed by atoms with E-state index in [1.54, 1.807) is 0 Å². The van der Waals surface area contributed by atoms with Crippen LogP contribution in [-0.2, 0) is 18.2 Å². The summed E-state index contributed by atoms with van der Waals surface area (Å²) in [6.07, 6.45) is 2.34. The quantitative estimate of drug-likeness (QED) is 0.917. The first-order chi connectivity index (χ1) is 9.25. The van der Waals surface area contributed by atoms with E-state index in [0.29, 0.717) is 13.0 Å². The Hall–Kier alpha value is -1.39. The maximum Gasteiger partial charge on any atom is 0.0729 e. The highest BCUT2D eigenvalue weighted by molar-refractivity contribution is 5.81. The Bertz CT molecular complexity index is 558. The molecule has 1 N–H and O–H groups in total. The van der Waals surface area contributed by atoms with E-state index in [0.717, 1.165) is 36.0 Å². The van der Waals surface area contributed by atoms with Gasteiger partial charge < -0.3 is 9.84 Å². The van der Waals surface area contributed by atoms with Gasteiger partial charge in [0.2, 0.25) is 0 Å². The van der Waals surface area contributed by atoms with Crippen LogP contribution in [-0.4, -0.2) is 34.2 Å². The maximum atomic E-state index is 10.4. The van der Waals surface area contributed by atoms with E-state index >= 15 is 0 Å². The molecule has 1 fully saturated rings. The van der Waals surface area contributed by atoms with Crippen LogP contribution >= 0.6 is 0 Å². The zero-order valence-corrected chi connectivity index (χ0v) is 11.2. The molecule has 0 radical (unpaired) electrons. The molecular weight excluding hydrogens is 240 g/mol. The standard InChI is InChI=1S/C15H20N2O2/c1-17-14-7-3-2-6-12(14)13(16-17)9-15(18)11-5-4-8-19-10-11/h2-3,6-7,11,15,18H,4-5,8-10H2,1H3. The highest BCUT2D eigenvalue weighted by Gasteiger charge is 2.24. The van der Waals surface area contributed by atoms with Crippen LogP contribution in [0.25, 0.3) is 10.9 Å². The lowest BCUT2D eigenvalue weighted by atomic mass is 9.92. The molecule has 1 aliphatic heterocycles. The number of benzene rings is 1. The Balaban J connectivity index is 1.81. The number of hydrogen-bond donors (Lipinski definition) is 1. The van der Waals surface area contributed by atoms with Crippen LogP contribution < -0.4 is 0 Å². The topological polar surface area (TPSA) is 47.3 Å². The second-order valence-electron chi connectivity index (χ2n) is 5.34. The largest absolute Gasteiger partial charge is 0.392 e. The van der Waals surface area contributed by atoms with Crippen LogP contribution in [0.5, 0.6) is 0 Å². The monoisotopic (exact) mass is 260 g/mol. The Kier molecular flexibility index (Phi) is 3.53. The summed E-state index contributed by atoms with van der Waals surface area (Å²) >= 11 is 0. The van der Waals surface area contributed by atoms with Gasteiger partial charge in [-0.2, -0.15) is 5.10 Å². The van der Waals surface area contributed by atoms with Crippen molar-refractivity contribution in [2.24, 2.45) is 13.0 Å². The van der Waals surface area contributed by atoms with Gasteiger partial charge in [0, 0.05) is 31.4 Å². The summed E-state index contributed by atoms with van der Waals surface area (Å²) in [6, 6.07) is 8.16. The summed E-state index contributed by atoms with van der Waals surface area (Å²) in [4.78, 5) is 0. The fourth-order valence-electron chi connectivity index (χ4n) is 2.87. The van der Waals surface area contributed by atoms with Crippen LogP contribution in [0.15, 0.2) is 24.3 Å². The highest BCUT2D eigenvalue weighted by Crippen LogP contribution is 2.23. The lowest BCUT2D eigenvalue weighted by molar-refractivity contribution is -0.00871. The number of aryl methyl sites for hydroxylation is 1. The van der Waals surface area contributed by atoms with E-state index in [4.69, 9.17) is 4.74 Å². The van der Waals surface area contributed by atoms with Gasteiger partial charge >= 0.3 is 0 Å². The first kappa shape index (κ1) is 12.6. The molecule has 4 nitrogen and oxygen atoms in total. The lowest BCUT2D eigenvalue weighted by Crippen LogP contribution is -2.30. The molecule has 4 heteroatoms. The SMILES string of the molecule is Cn1nc(CC(O)C2CCCOC2)c2ccccc21. The molecule has 0 spiro atoms. The molecule has 1 aromatic heterocycles. The van der Waals surface area contributed by atoms with Gasteiger partial charge in [-0.1, -0.05) is 18.2 Å². The van der Waals surface area contributed by atoms with Crippen molar-refractivity contribution in [2.75, 3.05) is 13.2 Å². The van der Waals surface area contributed by atoms with Crippen molar-refractivity contribution in [3.05, 3.63) is 30.0 Å². The number of ether oxygens (including phenoxy) is 1. The second-order valence-corrected chi connectivity index (χ2v) is 5.34. The van der Waals surface area contributed by atoms with E-state index in [9.17, 15) is 5.11 Å². The van der Waals surface area contributed by atoms with Crippen LogP contribution in [0.1, 0.15) is 18.5 Å². The number of aromatic nitrogens is 2. The van der Waals surface area contributed by atoms with Gasteiger partial charge in [-0.15, -0.1) is 0 Å². The molecule has 0 amide bonds. The zero-order chi connectivity index (χ0) is 13.2. The van der Waals surface area contributed by atoms with E-state index in [1.165, 1.54) is 0 Å². The van der Waals surface area contributed by atoms with Crippen LogP contribution in [0.3, 0.4) is 0 Å². The van der Waals surface area contributed by atoms with E-state index in [-0.39, 0.29) is 12.0 Å². The third-order valence-electron chi connectivity index (χ3n) is 3.98. The average molecular weight is 260 g/mol. The average Bonchev–Trinajstić information content (AvgIpc) is 2.77. The Morgan fingerprint density at radius 2 is 2.32 bits per heavy atom. The predicted octanol–water partition coefficient (Wildman–Crippen LogP) is 1.90. The van der Waals surface area contributed by atoms with E-state index in [1.807, 2.05) is 23.9 Å². The first-order valence-electron chi connectivity index (χ1n) is 6.92. The van der Waals surface area contributed by atoms with Gasteiger partial charge in [-0.3, -0.25) is 4.68 Å². The van der Waals surface area contributed by atoms with Crippen LogP contribution in [0, 0.1) is 5.92 Å².